The van der Waals surface area contributed by atoms with Crippen LogP contribution in [0.1, 0.15) is 65.7 Å². The molecule has 0 aliphatic carbocycles. The van der Waals surface area contributed by atoms with Gasteiger partial charge in [0.05, 0.1) is 0 Å². The van der Waals surface area contributed by atoms with Crippen LogP contribution in [0.2, 0.25) is 0 Å². The van der Waals surface area contributed by atoms with E-state index in [-0.39, 0.29) is 0 Å². The summed E-state index contributed by atoms with van der Waals surface area (Å²) in [7, 11) is 0. The second-order valence-electron chi connectivity index (χ2n) is 4.86. The summed E-state index contributed by atoms with van der Waals surface area (Å²) in [6.45, 7) is 6.70. The lowest BCUT2D eigenvalue weighted by molar-refractivity contribution is -0.137. The van der Waals surface area contributed by atoms with E-state index in [9.17, 15) is 4.79 Å². The Balaban J connectivity index is 3.37. The average Bonchev–Trinajstić information content (AvgIpc) is 2.15. The van der Waals surface area contributed by atoms with Gasteiger partial charge in [0, 0.05) is 6.42 Å². The molecule has 2 heteroatoms. The zero-order valence-corrected chi connectivity index (χ0v) is 10.5. The summed E-state index contributed by atoms with van der Waals surface area (Å²) in [5.74, 6) is 0.734. The molecule has 0 saturated carbocycles. The summed E-state index contributed by atoms with van der Waals surface area (Å²) in [6, 6.07) is 0. The van der Waals surface area contributed by atoms with Gasteiger partial charge in [-0.15, -0.1) is 0 Å². The minimum Gasteiger partial charge on any atom is -0.481 e. The molecular weight excluding hydrogens is 188 g/mol. The summed E-state index contributed by atoms with van der Waals surface area (Å²) in [5, 5.41) is 8.55. The quantitative estimate of drug-likeness (QED) is 0.627. The van der Waals surface area contributed by atoms with Crippen LogP contribution in [-0.4, -0.2) is 11.1 Å². The third-order valence-electron chi connectivity index (χ3n) is 3.03. The van der Waals surface area contributed by atoms with Crippen LogP contribution < -0.4 is 0 Å². The summed E-state index contributed by atoms with van der Waals surface area (Å²) in [6.07, 6.45) is 7.48. The van der Waals surface area contributed by atoms with E-state index in [1.807, 2.05) is 0 Å². The van der Waals surface area contributed by atoms with Crippen molar-refractivity contribution in [3.8, 4) is 0 Å². The maximum absolute atomic E-state index is 10.4. The van der Waals surface area contributed by atoms with E-state index in [2.05, 4.69) is 20.8 Å². The first-order valence-electron chi connectivity index (χ1n) is 6.28. The molecule has 0 aliphatic heterocycles. The molecule has 90 valence electrons. The number of hydrogen-bond acceptors (Lipinski definition) is 1. The molecule has 0 radical (unpaired) electrons. The Labute approximate surface area is 94.1 Å². The minimum atomic E-state index is -0.666. The third kappa shape index (κ3) is 9.77. The second-order valence-corrected chi connectivity index (χ2v) is 4.86. The lowest BCUT2D eigenvalue weighted by atomic mass is 9.94. The second kappa shape index (κ2) is 8.75. The number of carbonyl (C=O) groups is 1. The molecule has 15 heavy (non-hydrogen) atoms. The standard InChI is InChI=1S/C13H26O2/c1-4-6-11(2)7-5-8-12(3)9-10-13(14)15/h11-12H,4-10H2,1-3H3,(H,14,15). The predicted octanol–water partition coefficient (Wildman–Crippen LogP) is 4.09. The van der Waals surface area contributed by atoms with Crippen LogP contribution in [0.3, 0.4) is 0 Å². The monoisotopic (exact) mass is 214 g/mol. The van der Waals surface area contributed by atoms with Gasteiger partial charge in [-0.25, -0.2) is 0 Å². The number of aliphatic carboxylic acids is 1. The topological polar surface area (TPSA) is 37.3 Å². The lowest BCUT2D eigenvalue weighted by Crippen LogP contribution is -2.02. The molecule has 0 fully saturated rings. The number of carboxylic acids is 1. The van der Waals surface area contributed by atoms with Crippen molar-refractivity contribution in [2.45, 2.75) is 65.7 Å². The summed E-state index contributed by atoms with van der Waals surface area (Å²) in [5.41, 5.74) is 0. The van der Waals surface area contributed by atoms with Crippen molar-refractivity contribution in [1.29, 1.82) is 0 Å². The molecule has 0 aromatic heterocycles. The first-order chi connectivity index (χ1) is 7.06. The first kappa shape index (κ1) is 14.5. The van der Waals surface area contributed by atoms with Crippen molar-refractivity contribution in [3.63, 3.8) is 0 Å². The van der Waals surface area contributed by atoms with E-state index in [1.54, 1.807) is 0 Å². The van der Waals surface area contributed by atoms with E-state index < -0.39 is 5.97 Å². The molecule has 0 amide bonds. The summed E-state index contributed by atoms with van der Waals surface area (Å²) in [4.78, 5) is 10.4. The fourth-order valence-electron chi connectivity index (χ4n) is 1.97. The molecule has 0 spiro atoms. The Morgan fingerprint density at radius 2 is 1.60 bits per heavy atom. The summed E-state index contributed by atoms with van der Waals surface area (Å²) < 4.78 is 0. The molecule has 0 aliphatic rings. The van der Waals surface area contributed by atoms with Gasteiger partial charge in [0.1, 0.15) is 0 Å². The van der Waals surface area contributed by atoms with E-state index >= 15 is 0 Å². The predicted molar refractivity (Wildman–Crippen MR) is 64.0 cm³/mol. The zero-order valence-electron chi connectivity index (χ0n) is 10.5. The fourth-order valence-corrected chi connectivity index (χ4v) is 1.97. The zero-order chi connectivity index (χ0) is 11.7. The normalized spacial score (nSPS) is 14.9. The van der Waals surface area contributed by atoms with Crippen molar-refractivity contribution in [3.05, 3.63) is 0 Å². The van der Waals surface area contributed by atoms with Gasteiger partial charge in [-0.05, 0) is 18.3 Å². The Morgan fingerprint density at radius 3 is 2.07 bits per heavy atom. The van der Waals surface area contributed by atoms with Crippen molar-refractivity contribution in [2.24, 2.45) is 11.8 Å². The van der Waals surface area contributed by atoms with Gasteiger partial charge < -0.3 is 5.11 Å². The largest absolute Gasteiger partial charge is 0.481 e. The average molecular weight is 214 g/mol. The van der Waals surface area contributed by atoms with E-state index in [1.165, 1.54) is 32.1 Å². The van der Waals surface area contributed by atoms with Crippen molar-refractivity contribution in [2.75, 3.05) is 0 Å². The van der Waals surface area contributed by atoms with Gasteiger partial charge >= 0.3 is 5.97 Å². The van der Waals surface area contributed by atoms with E-state index in [4.69, 9.17) is 5.11 Å². The molecule has 2 nitrogen and oxygen atoms in total. The Hall–Kier alpha value is -0.530. The van der Waals surface area contributed by atoms with Crippen LogP contribution in [0.25, 0.3) is 0 Å². The van der Waals surface area contributed by atoms with Crippen LogP contribution in [0, 0.1) is 11.8 Å². The highest BCUT2D eigenvalue weighted by atomic mass is 16.4. The first-order valence-corrected chi connectivity index (χ1v) is 6.28. The van der Waals surface area contributed by atoms with Crippen LogP contribution in [0.5, 0.6) is 0 Å². The van der Waals surface area contributed by atoms with Gasteiger partial charge in [-0.2, -0.15) is 0 Å². The van der Waals surface area contributed by atoms with Crippen LogP contribution in [0.15, 0.2) is 0 Å². The third-order valence-corrected chi connectivity index (χ3v) is 3.03. The number of hydrogen-bond donors (Lipinski definition) is 1. The maximum atomic E-state index is 10.4. The molecule has 0 bridgehead atoms. The maximum Gasteiger partial charge on any atom is 0.303 e. The SMILES string of the molecule is CCCC(C)CCCC(C)CCC(=O)O. The Morgan fingerprint density at radius 1 is 1.07 bits per heavy atom. The van der Waals surface area contributed by atoms with Gasteiger partial charge in [-0.3, -0.25) is 4.79 Å². The molecular formula is C13H26O2. The number of carboxylic acid groups (broad SMARTS) is 1. The van der Waals surface area contributed by atoms with Gasteiger partial charge in [0.2, 0.25) is 0 Å². The van der Waals surface area contributed by atoms with Crippen molar-refractivity contribution in [1.82, 2.24) is 0 Å². The molecule has 2 atom stereocenters. The highest BCUT2D eigenvalue weighted by molar-refractivity contribution is 5.66. The molecule has 1 N–H and O–H groups in total. The van der Waals surface area contributed by atoms with Crippen LogP contribution in [0.4, 0.5) is 0 Å². The van der Waals surface area contributed by atoms with Gasteiger partial charge in [0.15, 0.2) is 0 Å². The van der Waals surface area contributed by atoms with E-state index in [0.717, 1.165) is 12.3 Å². The molecule has 0 aromatic rings. The van der Waals surface area contributed by atoms with Gasteiger partial charge in [0.25, 0.3) is 0 Å². The summed E-state index contributed by atoms with van der Waals surface area (Å²) >= 11 is 0. The molecule has 0 aromatic carbocycles. The number of rotatable bonds is 9. The molecule has 0 saturated heterocycles. The molecule has 0 rings (SSSR count). The van der Waals surface area contributed by atoms with Gasteiger partial charge in [-0.1, -0.05) is 52.9 Å². The minimum absolute atomic E-state index is 0.325. The van der Waals surface area contributed by atoms with Crippen LogP contribution >= 0.6 is 0 Å². The van der Waals surface area contributed by atoms with Crippen molar-refractivity contribution >= 4 is 5.97 Å². The Bertz CT molecular complexity index is 166. The smallest absolute Gasteiger partial charge is 0.303 e. The Kier molecular flexibility index (Phi) is 8.44. The molecule has 0 heterocycles. The highest BCUT2D eigenvalue weighted by Crippen LogP contribution is 2.18. The molecule has 2 unspecified atom stereocenters. The van der Waals surface area contributed by atoms with Crippen molar-refractivity contribution < 1.29 is 9.90 Å². The van der Waals surface area contributed by atoms with E-state index in [0.29, 0.717) is 12.3 Å². The van der Waals surface area contributed by atoms with Crippen LogP contribution in [-0.2, 0) is 4.79 Å². The highest BCUT2D eigenvalue weighted by Gasteiger charge is 2.06. The fraction of sp³-hybridized carbons (Fsp3) is 0.923. The lowest BCUT2D eigenvalue weighted by Gasteiger charge is -2.12.